The number of hydrogen-bond donors (Lipinski definition) is 1. The molecule has 1 aliphatic rings. The van der Waals surface area contributed by atoms with Crippen molar-refractivity contribution in [3.05, 3.63) is 22.7 Å². The van der Waals surface area contributed by atoms with E-state index in [0.29, 0.717) is 6.61 Å². The van der Waals surface area contributed by atoms with E-state index in [9.17, 15) is 4.79 Å². The van der Waals surface area contributed by atoms with Gasteiger partial charge in [0.2, 0.25) is 5.91 Å². The number of nitrogens with one attached hydrogen (secondary N) is 1. The zero-order chi connectivity index (χ0) is 12.3. The molecule has 1 atom stereocenters. The Hall–Kier alpha value is -1.07. The van der Waals surface area contributed by atoms with E-state index in [1.54, 1.807) is 0 Å². The molecule has 1 aliphatic heterocycles. The maximum Gasteiger partial charge on any atom is 0.221 e. The zero-order valence-corrected chi connectivity index (χ0v) is 11.1. The van der Waals surface area contributed by atoms with Gasteiger partial charge in [-0.1, -0.05) is 0 Å². The lowest BCUT2D eigenvalue weighted by atomic mass is 10.2. The molecule has 5 heteroatoms. The highest BCUT2D eigenvalue weighted by atomic mass is 79.9. The Labute approximate surface area is 108 Å². The molecule has 0 aliphatic carbocycles. The van der Waals surface area contributed by atoms with Crippen molar-refractivity contribution in [2.75, 3.05) is 18.5 Å². The molecule has 0 aromatic heterocycles. The minimum atomic E-state index is -0.0949. The van der Waals surface area contributed by atoms with E-state index in [0.717, 1.165) is 28.9 Å². The van der Waals surface area contributed by atoms with E-state index >= 15 is 0 Å². The van der Waals surface area contributed by atoms with Crippen LogP contribution in [0.2, 0.25) is 0 Å². The molecule has 1 saturated heterocycles. The molecule has 1 aromatic carbocycles. The molecule has 17 heavy (non-hydrogen) atoms. The summed E-state index contributed by atoms with van der Waals surface area (Å²) in [6, 6.07) is 5.49. The number of ether oxygens (including phenoxy) is 2. The molecular formula is C12H14BrNO3. The summed E-state index contributed by atoms with van der Waals surface area (Å²) in [6.07, 6.45) is 0.996. The summed E-state index contributed by atoms with van der Waals surface area (Å²) in [5, 5.41) is 2.73. The maximum atomic E-state index is 11.0. The molecule has 0 radical (unpaired) electrons. The number of rotatable bonds is 3. The number of halogens is 1. The maximum absolute atomic E-state index is 11.0. The molecular weight excluding hydrogens is 286 g/mol. The molecule has 0 spiro atoms. The van der Waals surface area contributed by atoms with Crippen molar-refractivity contribution in [3.8, 4) is 5.75 Å². The lowest BCUT2D eigenvalue weighted by molar-refractivity contribution is -0.114. The van der Waals surface area contributed by atoms with Gasteiger partial charge in [0.1, 0.15) is 11.9 Å². The number of amides is 1. The summed E-state index contributed by atoms with van der Waals surface area (Å²) in [6.45, 7) is 2.85. The molecule has 1 heterocycles. The smallest absolute Gasteiger partial charge is 0.221 e. The fourth-order valence-corrected chi connectivity index (χ4v) is 2.00. The van der Waals surface area contributed by atoms with Gasteiger partial charge in [0, 0.05) is 25.1 Å². The van der Waals surface area contributed by atoms with Crippen LogP contribution < -0.4 is 10.1 Å². The Morgan fingerprint density at radius 2 is 2.41 bits per heavy atom. The van der Waals surface area contributed by atoms with Crippen LogP contribution in [0, 0.1) is 0 Å². The second-order valence-corrected chi connectivity index (χ2v) is 4.78. The third kappa shape index (κ3) is 3.44. The Morgan fingerprint density at radius 1 is 1.59 bits per heavy atom. The molecule has 1 aromatic rings. The summed E-state index contributed by atoms with van der Waals surface area (Å²) in [5.41, 5.74) is 0.731. The molecule has 1 fully saturated rings. The SMILES string of the molecule is CC(=O)Nc1ccc(Br)c(O[C@H]2CCOC2)c1. The summed E-state index contributed by atoms with van der Waals surface area (Å²) >= 11 is 3.43. The molecule has 92 valence electrons. The first-order chi connectivity index (χ1) is 8.15. The first kappa shape index (κ1) is 12.4. The predicted octanol–water partition coefficient (Wildman–Crippen LogP) is 2.58. The number of carbonyl (C=O) groups is 1. The zero-order valence-electron chi connectivity index (χ0n) is 9.53. The van der Waals surface area contributed by atoms with Gasteiger partial charge in [0.25, 0.3) is 0 Å². The Bertz CT molecular complexity index is 416. The van der Waals surface area contributed by atoms with Crippen LogP contribution in [0.3, 0.4) is 0 Å². The van der Waals surface area contributed by atoms with Crippen LogP contribution >= 0.6 is 15.9 Å². The van der Waals surface area contributed by atoms with Gasteiger partial charge in [-0.05, 0) is 28.1 Å². The third-order valence-electron chi connectivity index (χ3n) is 2.43. The monoisotopic (exact) mass is 299 g/mol. The molecule has 2 rings (SSSR count). The average Bonchev–Trinajstić information content (AvgIpc) is 2.75. The van der Waals surface area contributed by atoms with Crippen LogP contribution in [0.5, 0.6) is 5.75 Å². The van der Waals surface area contributed by atoms with Gasteiger partial charge in [-0.2, -0.15) is 0 Å². The van der Waals surface area contributed by atoms with Crippen LogP contribution in [0.15, 0.2) is 22.7 Å². The van der Waals surface area contributed by atoms with Crippen molar-refractivity contribution >= 4 is 27.5 Å². The third-order valence-corrected chi connectivity index (χ3v) is 3.09. The summed E-state index contributed by atoms with van der Waals surface area (Å²) in [7, 11) is 0. The van der Waals surface area contributed by atoms with Gasteiger partial charge in [-0.15, -0.1) is 0 Å². The first-order valence-corrected chi connectivity index (χ1v) is 6.26. The van der Waals surface area contributed by atoms with Crippen LogP contribution in [0.4, 0.5) is 5.69 Å². The highest BCUT2D eigenvalue weighted by Crippen LogP contribution is 2.30. The molecule has 1 amide bonds. The van der Waals surface area contributed by atoms with E-state index in [1.807, 2.05) is 18.2 Å². The molecule has 1 N–H and O–H groups in total. The van der Waals surface area contributed by atoms with E-state index in [1.165, 1.54) is 6.92 Å². The molecule has 0 unspecified atom stereocenters. The van der Waals surface area contributed by atoms with Crippen molar-refractivity contribution in [3.63, 3.8) is 0 Å². The Morgan fingerprint density at radius 3 is 3.06 bits per heavy atom. The van der Waals surface area contributed by atoms with Gasteiger partial charge in [-0.3, -0.25) is 4.79 Å². The van der Waals surface area contributed by atoms with Crippen LogP contribution in [0.25, 0.3) is 0 Å². The van der Waals surface area contributed by atoms with Crippen molar-refractivity contribution < 1.29 is 14.3 Å². The second-order valence-electron chi connectivity index (χ2n) is 3.93. The number of anilines is 1. The Kier molecular flexibility index (Phi) is 4.02. The minimum Gasteiger partial charge on any atom is -0.487 e. The van der Waals surface area contributed by atoms with Gasteiger partial charge in [-0.25, -0.2) is 0 Å². The van der Waals surface area contributed by atoms with Crippen molar-refractivity contribution in [2.24, 2.45) is 0 Å². The van der Waals surface area contributed by atoms with Gasteiger partial charge < -0.3 is 14.8 Å². The van der Waals surface area contributed by atoms with E-state index in [2.05, 4.69) is 21.2 Å². The lowest BCUT2D eigenvalue weighted by Gasteiger charge is -2.14. The average molecular weight is 300 g/mol. The lowest BCUT2D eigenvalue weighted by Crippen LogP contribution is -2.16. The van der Waals surface area contributed by atoms with Crippen LogP contribution in [0.1, 0.15) is 13.3 Å². The predicted molar refractivity (Wildman–Crippen MR) is 68.3 cm³/mol. The first-order valence-electron chi connectivity index (χ1n) is 5.46. The van der Waals surface area contributed by atoms with Gasteiger partial charge in [0.15, 0.2) is 0 Å². The largest absolute Gasteiger partial charge is 0.487 e. The molecule has 4 nitrogen and oxygen atoms in total. The van der Waals surface area contributed by atoms with Crippen molar-refractivity contribution in [1.82, 2.24) is 0 Å². The topological polar surface area (TPSA) is 47.6 Å². The van der Waals surface area contributed by atoms with E-state index in [-0.39, 0.29) is 12.0 Å². The van der Waals surface area contributed by atoms with Crippen molar-refractivity contribution in [2.45, 2.75) is 19.4 Å². The Balaban J connectivity index is 2.10. The summed E-state index contributed by atoms with van der Waals surface area (Å²) < 4.78 is 11.9. The van der Waals surface area contributed by atoms with E-state index in [4.69, 9.17) is 9.47 Å². The highest BCUT2D eigenvalue weighted by Gasteiger charge is 2.18. The van der Waals surface area contributed by atoms with Crippen LogP contribution in [-0.2, 0) is 9.53 Å². The van der Waals surface area contributed by atoms with Crippen LogP contribution in [-0.4, -0.2) is 25.2 Å². The fraction of sp³-hybridized carbons (Fsp3) is 0.417. The number of hydrogen-bond acceptors (Lipinski definition) is 3. The molecule has 0 saturated carbocycles. The van der Waals surface area contributed by atoms with Gasteiger partial charge in [0.05, 0.1) is 17.7 Å². The normalized spacial score (nSPS) is 19.1. The van der Waals surface area contributed by atoms with Gasteiger partial charge >= 0.3 is 0 Å². The minimum absolute atomic E-state index is 0.0949. The number of benzene rings is 1. The second kappa shape index (κ2) is 5.51. The molecule has 0 bridgehead atoms. The standard InChI is InChI=1S/C12H14BrNO3/c1-8(15)14-9-2-3-11(13)12(6-9)17-10-4-5-16-7-10/h2-3,6,10H,4-5,7H2,1H3,(H,14,15)/t10-/m0/s1. The highest BCUT2D eigenvalue weighted by molar-refractivity contribution is 9.10. The number of carbonyl (C=O) groups excluding carboxylic acids is 1. The van der Waals surface area contributed by atoms with E-state index < -0.39 is 0 Å². The summed E-state index contributed by atoms with van der Waals surface area (Å²) in [4.78, 5) is 11.0. The van der Waals surface area contributed by atoms with Crippen molar-refractivity contribution in [1.29, 1.82) is 0 Å². The fourth-order valence-electron chi connectivity index (χ4n) is 1.66. The quantitative estimate of drug-likeness (QED) is 0.933. The summed E-state index contributed by atoms with van der Waals surface area (Å²) in [5.74, 6) is 0.634.